The van der Waals surface area contributed by atoms with Crippen LogP contribution in [0.2, 0.25) is 0 Å². The van der Waals surface area contributed by atoms with E-state index in [0.717, 1.165) is 16.7 Å². The summed E-state index contributed by atoms with van der Waals surface area (Å²) in [5.41, 5.74) is 3.94. The van der Waals surface area contributed by atoms with Gasteiger partial charge in [-0.3, -0.25) is 4.79 Å². The number of allylic oxidation sites excluding steroid dienone is 1. The minimum Gasteiger partial charge on any atom is -0.507 e. The Hall–Kier alpha value is -5.29. The second-order valence-corrected chi connectivity index (χ2v) is 9.40. The van der Waals surface area contributed by atoms with Gasteiger partial charge in [0.2, 0.25) is 0 Å². The molecule has 1 N–H and O–H groups in total. The summed E-state index contributed by atoms with van der Waals surface area (Å²) in [6.07, 6.45) is 2.99. The lowest BCUT2D eigenvalue weighted by Gasteiger charge is -2.14. The van der Waals surface area contributed by atoms with Gasteiger partial charge in [0.25, 0.3) is 0 Å². The van der Waals surface area contributed by atoms with Crippen molar-refractivity contribution in [1.29, 1.82) is 0 Å². The Kier molecular flexibility index (Phi) is 9.10. The van der Waals surface area contributed by atoms with E-state index in [0.29, 0.717) is 48.2 Å². The Morgan fingerprint density at radius 3 is 1.61 bits per heavy atom. The van der Waals surface area contributed by atoms with Gasteiger partial charge in [-0.15, -0.1) is 0 Å². The molecule has 5 aromatic rings. The average Bonchev–Trinajstić information content (AvgIpc) is 3.03. The Labute approximate surface area is 239 Å². The van der Waals surface area contributed by atoms with Gasteiger partial charge in [-0.25, -0.2) is 0 Å². The number of hydrogen-bond acceptors (Lipinski definition) is 5. The van der Waals surface area contributed by atoms with Crippen molar-refractivity contribution in [3.05, 3.63) is 161 Å². The molecule has 0 aromatic heterocycles. The van der Waals surface area contributed by atoms with Gasteiger partial charge < -0.3 is 19.3 Å². The highest BCUT2D eigenvalue weighted by Gasteiger charge is 2.13. The summed E-state index contributed by atoms with van der Waals surface area (Å²) in [6.45, 7) is 1.09. The highest BCUT2D eigenvalue weighted by Crippen LogP contribution is 2.35. The zero-order valence-electron chi connectivity index (χ0n) is 22.5. The van der Waals surface area contributed by atoms with Crippen LogP contribution in [-0.2, 0) is 19.8 Å². The van der Waals surface area contributed by atoms with Gasteiger partial charge in [-0.1, -0.05) is 91.0 Å². The molecule has 0 spiro atoms. The molecule has 0 fully saturated rings. The van der Waals surface area contributed by atoms with Crippen LogP contribution < -0.4 is 14.2 Å². The molecule has 0 aliphatic heterocycles. The molecule has 5 nitrogen and oxygen atoms in total. The van der Waals surface area contributed by atoms with E-state index in [1.54, 1.807) is 36.4 Å². The third kappa shape index (κ3) is 7.87. The van der Waals surface area contributed by atoms with Crippen LogP contribution in [0.15, 0.2) is 133 Å². The van der Waals surface area contributed by atoms with Gasteiger partial charge in [-0.2, -0.15) is 0 Å². The maximum absolute atomic E-state index is 13.0. The normalized spacial score (nSPS) is 10.8. The number of ether oxygens (including phenoxy) is 3. The molecule has 5 heteroatoms. The second-order valence-electron chi connectivity index (χ2n) is 9.40. The highest BCUT2D eigenvalue weighted by atomic mass is 16.5. The molecule has 204 valence electrons. The summed E-state index contributed by atoms with van der Waals surface area (Å²) >= 11 is 0. The van der Waals surface area contributed by atoms with Crippen molar-refractivity contribution in [2.45, 2.75) is 19.8 Å². The Bertz CT molecular complexity index is 1580. The standard InChI is InChI=1S/C36H30O5/c37-34(30-16-18-31(19-17-30)39-24-27-10-4-1-5-11-27)21-20-33-35(38)22-32(40-25-28-12-6-2-7-13-28)23-36(33)41-26-29-14-8-3-9-15-29/h1-23,38H,24-26H2. The highest BCUT2D eigenvalue weighted by molar-refractivity contribution is 6.07. The summed E-state index contributed by atoms with van der Waals surface area (Å²) < 4.78 is 17.8. The van der Waals surface area contributed by atoms with Crippen LogP contribution in [0.4, 0.5) is 0 Å². The first kappa shape index (κ1) is 27.3. The first-order chi connectivity index (χ1) is 20.1. The molecule has 0 heterocycles. The van der Waals surface area contributed by atoms with Crippen LogP contribution >= 0.6 is 0 Å². The quantitative estimate of drug-likeness (QED) is 0.128. The van der Waals surface area contributed by atoms with Crippen LogP contribution in [0.3, 0.4) is 0 Å². The monoisotopic (exact) mass is 542 g/mol. The third-order valence-corrected chi connectivity index (χ3v) is 6.37. The molecule has 0 radical (unpaired) electrons. The summed E-state index contributed by atoms with van der Waals surface area (Å²) in [7, 11) is 0. The van der Waals surface area contributed by atoms with Gasteiger partial charge in [0.15, 0.2) is 5.78 Å². The van der Waals surface area contributed by atoms with E-state index in [4.69, 9.17) is 14.2 Å². The summed E-state index contributed by atoms with van der Waals surface area (Å²) in [5, 5.41) is 10.9. The Morgan fingerprint density at radius 2 is 1.07 bits per heavy atom. The Morgan fingerprint density at radius 1 is 0.585 bits per heavy atom. The molecule has 5 aromatic carbocycles. The molecule has 0 aliphatic rings. The molecule has 0 atom stereocenters. The molecule has 5 rings (SSSR count). The van der Waals surface area contributed by atoms with Gasteiger partial charge >= 0.3 is 0 Å². The molecular weight excluding hydrogens is 512 g/mol. The number of carbonyl (C=O) groups excluding carboxylic acids is 1. The third-order valence-electron chi connectivity index (χ3n) is 6.37. The minimum absolute atomic E-state index is 0.0488. The number of carbonyl (C=O) groups is 1. The van der Waals surface area contributed by atoms with E-state index < -0.39 is 0 Å². The average molecular weight is 543 g/mol. The lowest BCUT2D eigenvalue weighted by molar-refractivity contribution is 0.104. The van der Waals surface area contributed by atoms with Crippen molar-refractivity contribution in [1.82, 2.24) is 0 Å². The molecule has 0 unspecified atom stereocenters. The SMILES string of the molecule is O=C(C=Cc1c(O)cc(OCc2ccccc2)cc1OCc1ccccc1)c1ccc(OCc2ccccc2)cc1. The number of aromatic hydroxyl groups is 1. The summed E-state index contributed by atoms with van der Waals surface area (Å²) in [4.78, 5) is 13.0. The minimum atomic E-state index is -0.211. The maximum Gasteiger partial charge on any atom is 0.185 e. The first-order valence-corrected chi connectivity index (χ1v) is 13.3. The van der Waals surface area contributed by atoms with Crippen molar-refractivity contribution in [2.24, 2.45) is 0 Å². The molecule has 0 saturated carbocycles. The fraction of sp³-hybridized carbons (Fsp3) is 0.0833. The van der Waals surface area contributed by atoms with E-state index in [9.17, 15) is 9.90 Å². The van der Waals surface area contributed by atoms with Crippen molar-refractivity contribution in [3.63, 3.8) is 0 Å². The fourth-order valence-electron chi connectivity index (χ4n) is 4.15. The van der Waals surface area contributed by atoms with E-state index >= 15 is 0 Å². The fourth-order valence-corrected chi connectivity index (χ4v) is 4.15. The topological polar surface area (TPSA) is 65.0 Å². The van der Waals surface area contributed by atoms with E-state index in [1.807, 2.05) is 91.0 Å². The predicted octanol–water partition coefficient (Wildman–Crippen LogP) is 8.03. The van der Waals surface area contributed by atoms with Crippen molar-refractivity contribution in [2.75, 3.05) is 0 Å². The van der Waals surface area contributed by atoms with E-state index in [1.165, 1.54) is 12.1 Å². The first-order valence-electron chi connectivity index (χ1n) is 13.3. The van der Waals surface area contributed by atoms with Crippen LogP contribution in [0, 0.1) is 0 Å². The Balaban J connectivity index is 1.30. The van der Waals surface area contributed by atoms with Gasteiger partial charge in [0, 0.05) is 17.7 Å². The van der Waals surface area contributed by atoms with Gasteiger partial charge in [0.1, 0.15) is 42.8 Å². The van der Waals surface area contributed by atoms with E-state index in [-0.39, 0.29) is 11.5 Å². The molecule has 0 aliphatic carbocycles. The van der Waals surface area contributed by atoms with Gasteiger partial charge in [-0.05, 0) is 53.1 Å². The number of hydrogen-bond donors (Lipinski definition) is 1. The molecule has 0 amide bonds. The number of rotatable bonds is 12. The lowest BCUT2D eigenvalue weighted by Crippen LogP contribution is -2.00. The smallest absolute Gasteiger partial charge is 0.185 e. The molecule has 0 bridgehead atoms. The summed E-state index contributed by atoms with van der Waals surface area (Å²) in [6, 6.07) is 39.7. The van der Waals surface area contributed by atoms with Gasteiger partial charge in [0.05, 0.1) is 5.56 Å². The largest absolute Gasteiger partial charge is 0.507 e. The molecular formula is C36H30O5. The number of phenols is 1. The van der Waals surface area contributed by atoms with Crippen molar-refractivity contribution >= 4 is 11.9 Å². The van der Waals surface area contributed by atoms with Crippen molar-refractivity contribution in [3.8, 4) is 23.0 Å². The van der Waals surface area contributed by atoms with Crippen molar-refractivity contribution < 1.29 is 24.1 Å². The molecule has 0 saturated heterocycles. The maximum atomic E-state index is 13.0. The summed E-state index contributed by atoms with van der Waals surface area (Å²) in [5.74, 6) is 1.29. The van der Waals surface area contributed by atoms with Crippen LogP contribution in [0.25, 0.3) is 6.08 Å². The molecule has 41 heavy (non-hydrogen) atoms. The zero-order valence-corrected chi connectivity index (χ0v) is 22.5. The lowest BCUT2D eigenvalue weighted by atomic mass is 10.1. The number of benzene rings is 5. The van der Waals surface area contributed by atoms with Crippen LogP contribution in [-0.4, -0.2) is 10.9 Å². The van der Waals surface area contributed by atoms with Crippen LogP contribution in [0.5, 0.6) is 23.0 Å². The zero-order chi connectivity index (χ0) is 28.3. The predicted molar refractivity (Wildman–Crippen MR) is 160 cm³/mol. The van der Waals surface area contributed by atoms with E-state index in [2.05, 4.69) is 0 Å². The number of phenolic OH excluding ortho intramolecular Hbond substituents is 1. The second kappa shape index (κ2) is 13.7. The van der Waals surface area contributed by atoms with Crippen LogP contribution in [0.1, 0.15) is 32.6 Å². The number of ketones is 1.